The van der Waals surface area contributed by atoms with Crippen molar-refractivity contribution < 1.29 is 17.7 Å². The van der Waals surface area contributed by atoms with E-state index in [0.29, 0.717) is 18.0 Å². The molecule has 0 spiro atoms. The maximum absolute atomic E-state index is 14.7. The quantitative estimate of drug-likeness (QED) is 0.404. The Morgan fingerprint density at radius 1 is 1.09 bits per heavy atom. The van der Waals surface area contributed by atoms with E-state index in [0.717, 1.165) is 6.07 Å². The summed E-state index contributed by atoms with van der Waals surface area (Å²) in [5.74, 6) is -2.36. The molecule has 162 valence electrons. The zero-order valence-corrected chi connectivity index (χ0v) is 17.0. The molecule has 0 aliphatic rings. The van der Waals surface area contributed by atoms with E-state index < -0.39 is 23.0 Å². The first-order valence-electron chi connectivity index (χ1n) is 9.90. The number of fused-ring (bicyclic) bond motifs is 3. The zero-order chi connectivity index (χ0) is 22.6. The van der Waals surface area contributed by atoms with Gasteiger partial charge in [-0.25, -0.2) is 18.2 Å². The molecule has 1 unspecified atom stereocenters. The number of aromatic nitrogens is 5. The molecule has 3 heterocycles. The average Bonchev–Trinajstić information content (AvgIpc) is 3.42. The minimum absolute atomic E-state index is 0.0465. The van der Waals surface area contributed by atoms with Gasteiger partial charge < -0.3 is 4.52 Å². The van der Waals surface area contributed by atoms with Crippen LogP contribution in [0.5, 0.6) is 0 Å². The molecule has 0 radical (unpaired) electrons. The van der Waals surface area contributed by atoms with Crippen molar-refractivity contribution in [2.75, 3.05) is 0 Å². The number of imidazole rings is 1. The third kappa shape index (κ3) is 2.90. The van der Waals surface area contributed by atoms with Gasteiger partial charge in [-0.3, -0.25) is 13.8 Å². The Morgan fingerprint density at radius 2 is 1.91 bits per heavy atom. The molecule has 2 aromatic carbocycles. The van der Waals surface area contributed by atoms with Crippen molar-refractivity contribution in [1.82, 2.24) is 24.1 Å². The van der Waals surface area contributed by atoms with Crippen LogP contribution in [0.4, 0.5) is 13.2 Å². The van der Waals surface area contributed by atoms with Crippen molar-refractivity contribution in [1.29, 1.82) is 0 Å². The maximum Gasteiger partial charge on any atom is 0.278 e. The zero-order valence-electron chi connectivity index (χ0n) is 17.0. The lowest BCUT2D eigenvalue weighted by molar-refractivity contribution is 0.429. The Labute approximate surface area is 178 Å². The molecule has 0 aliphatic heterocycles. The largest absolute Gasteiger partial charge is 0.333 e. The summed E-state index contributed by atoms with van der Waals surface area (Å²) < 4.78 is 50.1. The lowest BCUT2D eigenvalue weighted by Crippen LogP contribution is -2.26. The highest BCUT2D eigenvalue weighted by atomic mass is 19.1. The molecular formula is C22H16F3N5O2. The SMILES string of the molecule is CCC(C)n1c(=O)c2c(-c3noc(-c4ccc(F)cc4F)n3)ncn2c2cccc(F)c21. The van der Waals surface area contributed by atoms with Crippen LogP contribution < -0.4 is 5.56 Å². The van der Waals surface area contributed by atoms with Gasteiger partial charge in [0.15, 0.2) is 0 Å². The second-order valence-electron chi connectivity index (χ2n) is 7.40. The first-order chi connectivity index (χ1) is 15.4. The normalized spacial score (nSPS) is 12.7. The molecule has 5 rings (SSSR count). The summed E-state index contributed by atoms with van der Waals surface area (Å²) >= 11 is 0. The summed E-state index contributed by atoms with van der Waals surface area (Å²) in [5, 5.41) is 3.84. The Hall–Kier alpha value is -3.95. The highest BCUT2D eigenvalue weighted by Gasteiger charge is 2.24. The van der Waals surface area contributed by atoms with Gasteiger partial charge in [0, 0.05) is 12.1 Å². The van der Waals surface area contributed by atoms with E-state index in [9.17, 15) is 18.0 Å². The molecule has 0 amide bonds. The summed E-state index contributed by atoms with van der Waals surface area (Å²) in [5.41, 5.74) is 0.311. The van der Waals surface area contributed by atoms with Crippen LogP contribution in [0.15, 0.2) is 52.0 Å². The van der Waals surface area contributed by atoms with E-state index >= 15 is 0 Å². The van der Waals surface area contributed by atoms with Gasteiger partial charge in [-0.1, -0.05) is 18.1 Å². The molecule has 1 atom stereocenters. The molecule has 0 saturated carbocycles. The summed E-state index contributed by atoms with van der Waals surface area (Å²) in [6.07, 6.45) is 1.97. The third-order valence-corrected chi connectivity index (χ3v) is 5.49. The summed E-state index contributed by atoms with van der Waals surface area (Å²) in [7, 11) is 0. The maximum atomic E-state index is 14.7. The number of para-hydroxylation sites is 1. The van der Waals surface area contributed by atoms with Crippen molar-refractivity contribution >= 4 is 16.6 Å². The van der Waals surface area contributed by atoms with Crippen LogP contribution in [0.3, 0.4) is 0 Å². The number of hydrogen-bond donors (Lipinski definition) is 0. The van der Waals surface area contributed by atoms with Crippen LogP contribution in [0, 0.1) is 17.5 Å². The van der Waals surface area contributed by atoms with Crippen LogP contribution in [0.25, 0.3) is 39.5 Å². The molecule has 5 aromatic rings. The van der Waals surface area contributed by atoms with Gasteiger partial charge in [0.2, 0.25) is 5.82 Å². The van der Waals surface area contributed by atoms with Crippen LogP contribution in [-0.2, 0) is 0 Å². The van der Waals surface area contributed by atoms with Gasteiger partial charge >= 0.3 is 0 Å². The fraction of sp³-hybridized carbons (Fsp3) is 0.182. The lowest BCUT2D eigenvalue weighted by Gasteiger charge is -2.18. The number of nitrogens with zero attached hydrogens (tertiary/aromatic N) is 5. The molecule has 10 heteroatoms. The van der Waals surface area contributed by atoms with Gasteiger partial charge in [0.05, 0.1) is 11.1 Å². The molecule has 0 aliphatic carbocycles. The van der Waals surface area contributed by atoms with Crippen LogP contribution in [-0.4, -0.2) is 24.1 Å². The Kier molecular flexibility index (Phi) is 4.58. The van der Waals surface area contributed by atoms with E-state index in [1.54, 1.807) is 12.1 Å². The number of benzene rings is 2. The van der Waals surface area contributed by atoms with Gasteiger partial charge in [0.1, 0.15) is 40.5 Å². The van der Waals surface area contributed by atoms with Crippen LogP contribution in [0.2, 0.25) is 0 Å². The van der Waals surface area contributed by atoms with E-state index in [2.05, 4.69) is 15.1 Å². The van der Waals surface area contributed by atoms with Gasteiger partial charge in [-0.05, 0) is 37.6 Å². The van der Waals surface area contributed by atoms with E-state index in [1.165, 1.54) is 27.4 Å². The highest BCUT2D eigenvalue weighted by molar-refractivity contribution is 5.84. The van der Waals surface area contributed by atoms with Gasteiger partial charge in [-0.15, -0.1) is 0 Å². The molecule has 0 fully saturated rings. The predicted octanol–water partition coefficient (Wildman–Crippen LogP) is 4.75. The van der Waals surface area contributed by atoms with E-state index in [4.69, 9.17) is 4.52 Å². The number of halogens is 3. The molecule has 32 heavy (non-hydrogen) atoms. The van der Waals surface area contributed by atoms with E-state index in [1.807, 2.05) is 13.8 Å². The number of hydrogen-bond acceptors (Lipinski definition) is 5. The second-order valence-corrected chi connectivity index (χ2v) is 7.40. The molecule has 0 bridgehead atoms. The van der Waals surface area contributed by atoms with Crippen molar-refractivity contribution in [2.45, 2.75) is 26.3 Å². The molecular weight excluding hydrogens is 423 g/mol. The van der Waals surface area contributed by atoms with Crippen LogP contribution in [0.1, 0.15) is 26.3 Å². The number of rotatable bonds is 4. The fourth-order valence-corrected chi connectivity index (χ4v) is 3.75. The molecule has 0 N–H and O–H groups in total. The first kappa shape index (κ1) is 20.0. The third-order valence-electron chi connectivity index (χ3n) is 5.49. The standard InChI is InChI=1S/C22H16F3N5O2/c1-3-11(2)30-18-14(24)5-4-6-16(18)29-10-26-17(19(29)22(30)31)20-27-21(32-28-20)13-8-7-12(23)9-15(13)25/h4-11H,3H2,1-2H3. The minimum atomic E-state index is -0.865. The fourth-order valence-electron chi connectivity index (χ4n) is 3.75. The summed E-state index contributed by atoms with van der Waals surface area (Å²) in [4.78, 5) is 21.9. The topological polar surface area (TPSA) is 78.2 Å². The highest BCUT2D eigenvalue weighted by Crippen LogP contribution is 2.28. The predicted molar refractivity (Wildman–Crippen MR) is 111 cm³/mol. The Morgan fingerprint density at radius 3 is 2.66 bits per heavy atom. The second kappa shape index (κ2) is 7.33. The smallest absolute Gasteiger partial charge is 0.278 e. The van der Waals surface area contributed by atoms with Crippen molar-refractivity contribution in [3.05, 3.63) is 70.5 Å². The summed E-state index contributed by atoms with van der Waals surface area (Å²) in [6.45, 7) is 3.72. The lowest BCUT2D eigenvalue weighted by atomic mass is 10.2. The van der Waals surface area contributed by atoms with Crippen molar-refractivity contribution in [3.8, 4) is 23.0 Å². The van der Waals surface area contributed by atoms with Gasteiger partial charge in [-0.2, -0.15) is 4.98 Å². The van der Waals surface area contributed by atoms with Crippen LogP contribution >= 0.6 is 0 Å². The van der Waals surface area contributed by atoms with Gasteiger partial charge in [0.25, 0.3) is 11.4 Å². The van der Waals surface area contributed by atoms with Crippen molar-refractivity contribution in [3.63, 3.8) is 0 Å². The van der Waals surface area contributed by atoms with E-state index in [-0.39, 0.29) is 40.0 Å². The van der Waals surface area contributed by atoms with Crippen molar-refractivity contribution in [2.24, 2.45) is 0 Å². The summed E-state index contributed by atoms with van der Waals surface area (Å²) in [6, 6.07) is 7.20. The molecule has 0 saturated heterocycles. The Bertz CT molecular complexity index is 1550. The molecule has 3 aromatic heterocycles. The monoisotopic (exact) mass is 439 g/mol. The Balaban J connectivity index is 1.77. The molecule has 7 nitrogen and oxygen atoms in total. The minimum Gasteiger partial charge on any atom is -0.333 e. The first-order valence-corrected chi connectivity index (χ1v) is 9.90. The average molecular weight is 439 g/mol.